The van der Waals surface area contributed by atoms with Crippen molar-refractivity contribution in [1.82, 2.24) is 9.62 Å². The van der Waals surface area contributed by atoms with Crippen LogP contribution in [-0.2, 0) is 22.3 Å². The van der Waals surface area contributed by atoms with Crippen LogP contribution in [0.25, 0.3) is 0 Å². The third kappa shape index (κ3) is 5.92. The van der Waals surface area contributed by atoms with Gasteiger partial charge < -0.3 is 0 Å². The smallest absolute Gasteiger partial charge is 0.215 e. The van der Waals surface area contributed by atoms with E-state index in [2.05, 4.69) is 26.4 Å². The molecule has 1 N–H and O–H groups in total. The molecule has 0 saturated carbocycles. The molecule has 136 valence electrons. The second-order valence-corrected chi connectivity index (χ2v) is 9.53. The summed E-state index contributed by atoms with van der Waals surface area (Å²) in [7, 11) is -3.27. The molecule has 1 aromatic heterocycles. The SMILES string of the molecule is Cc1cccc(CS(=O)(=O)NCC2CCN(Cc3ccsc3)CC2)c1. The number of hydrogen-bond acceptors (Lipinski definition) is 4. The van der Waals surface area contributed by atoms with Crippen molar-refractivity contribution in [3.05, 3.63) is 57.8 Å². The standard InChI is InChI=1S/C19H26N2O2S2/c1-16-3-2-4-18(11-16)15-25(22,23)20-12-17-5-8-21(9-6-17)13-19-7-10-24-14-19/h2-4,7,10-11,14,17,20H,5-6,8-9,12-13,15H2,1H3. The predicted octanol–water partition coefficient (Wildman–Crippen LogP) is 3.39. The van der Waals surface area contributed by atoms with Crippen LogP contribution < -0.4 is 4.72 Å². The molecule has 0 spiro atoms. The van der Waals surface area contributed by atoms with Crippen molar-refractivity contribution >= 4 is 21.4 Å². The normalized spacial score (nSPS) is 17.0. The van der Waals surface area contributed by atoms with Crippen LogP contribution in [0.5, 0.6) is 0 Å². The monoisotopic (exact) mass is 378 g/mol. The first-order chi connectivity index (χ1) is 12.0. The van der Waals surface area contributed by atoms with Gasteiger partial charge in [0.25, 0.3) is 0 Å². The third-order valence-corrected chi connectivity index (χ3v) is 6.78. The highest BCUT2D eigenvalue weighted by molar-refractivity contribution is 7.88. The largest absolute Gasteiger partial charge is 0.299 e. The van der Waals surface area contributed by atoms with Gasteiger partial charge in [0, 0.05) is 13.1 Å². The maximum absolute atomic E-state index is 12.3. The lowest BCUT2D eigenvalue weighted by molar-refractivity contribution is 0.179. The van der Waals surface area contributed by atoms with Gasteiger partial charge in [0.05, 0.1) is 5.75 Å². The molecule has 0 atom stereocenters. The Morgan fingerprint density at radius 1 is 1.20 bits per heavy atom. The van der Waals surface area contributed by atoms with Gasteiger partial charge >= 0.3 is 0 Å². The number of benzene rings is 1. The van der Waals surface area contributed by atoms with E-state index in [1.54, 1.807) is 11.3 Å². The average Bonchev–Trinajstić information content (AvgIpc) is 3.07. The van der Waals surface area contributed by atoms with Crippen LogP contribution >= 0.6 is 11.3 Å². The highest BCUT2D eigenvalue weighted by Gasteiger charge is 2.21. The van der Waals surface area contributed by atoms with Crippen LogP contribution in [0, 0.1) is 12.8 Å². The van der Waals surface area contributed by atoms with E-state index in [9.17, 15) is 8.42 Å². The summed E-state index contributed by atoms with van der Waals surface area (Å²) in [6, 6.07) is 9.87. The van der Waals surface area contributed by atoms with Gasteiger partial charge in [-0.05, 0) is 66.7 Å². The molecule has 0 amide bonds. The molecule has 0 unspecified atom stereocenters. The molecule has 3 rings (SSSR count). The second kappa shape index (κ2) is 8.45. The molecule has 1 fully saturated rings. The number of rotatable bonds is 7. The number of nitrogens with one attached hydrogen (secondary N) is 1. The fourth-order valence-electron chi connectivity index (χ4n) is 3.31. The Hall–Kier alpha value is -1.21. The molecule has 1 saturated heterocycles. The van der Waals surface area contributed by atoms with Crippen molar-refractivity contribution in [2.24, 2.45) is 5.92 Å². The summed E-state index contributed by atoms with van der Waals surface area (Å²) in [6.07, 6.45) is 2.11. The van der Waals surface area contributed by atoms with E-state index >= 15 is 0 Å². The van der Waals surface area contributed by atoms with Gasteiger partial charge in [-0.25, -0.2) is 13.1 Å². The van der Waals surface area contributed by atoms with Crippen LogP contribution in [0.15, 0.2) is 41.1 Å². The molecule has 4 nitrogen and oxygen atoms in total. The minimum absolute atomic E-state index is 0.0612. The van der Waals surface area contributed by atoms with Gasteiger partial charge in [-0.15, -0.1) is 0 Å². The topological polar surface area (TPSA) is 49.4 Å². The molecule has 0 aliphatic carbocycles. The summed E-state index contributed by atoms with van der Waals surface area (Å²) in [5, 5.41) is 4.32. The van der Waals surface area contributed by atoms with E-state index in [4.69, 9.17) is 0 Å². The molecule has 6 heteroatoms. The van der Waals surface area contributed by atoms with Crippen molar-refractivity contribution in [3.8, 4) is 0 Å². The number of hydrogen-bond donors (Lipinski definition) is 1. The van der Waals surface area contributed by atoms with E-state index in [0.717, 1.165) is 43.6 Å². The highest BCUT2D eigenvalue weighted by atomic mass is 32.2. The highest BCUT2D eigenvalue weighted by Crippen LogP contribution is 2.19. The van der Waals surface area contributed by atoms with E-state index in [1.165, 1.54) is 5.56 Å². The molecular formula is C19H26N2O2S2. The summed E-state index contributed by atoms with van der Waals surface area (Å²) >= 11 is 1.74. The van der Waals surface area contributed by atoms with Crippen molar-refractivity contribution in [1.29, 1.82) is 0 Å². The van der Waals surface area contributed by atoms with Crippen LogP contribution in [0.2, 0.25) is 0 Å². The summed E-state index contributed by atoms with van der Waals surface area (Å²) < 4.78 is 27.4. The van der Waals surface area contributed by atoms with E-state index in [0.29, 0.717) is 12.5 Å². The summed E-state index contributed by atoms with van der Waals surface area (Å²) in [5.41, 5.74) is 3.31. The lowest BCUT2D eigenvalue weighted by Gasteiger charge is -2.31. The Labute approximate surface area is 154 Å². The van der Waals surface area contributed by atoms with Crippen molar-refractivity contribution in [3.63, 3.8) is 0 Å². The van der Waals surface area contributed by atoms with Gasteiger partial charge in [-0.3, -0.25) is 4.90 Å². The summed E-state index contributed by atoms with van der Waals surface area (Å²) in [4.78, 5) is 2.46. The average molecular weight is 379 g/mol. The lowest BCUT2D eigenvalue weighted by atomic mass is 9.97. The fraction of sp³-hybridized carbons (Fsp3) is 0.474. The number of piperidine rings is 1. The van der Waals surface area contributed by atoms with Crippen LogP contribution in [-0.4, -0.2) is 33.0 Å². The Morgan fingerprint density at radius 2 is 2.00 bits per heavy atom. The summed E-state index contributed by atoms with van der Waals surface area (Å²) in [5.74, 6) is 0.497. The molecule has 2 aromatic rings. The maximum Gasteiger partial charge on any atom is 0.215 e. The molecule has 0 radical (unpaired) electrons. The van der Waals surface area contributed by atoms with Gasteiger partial charge in [0.1, 0.15) is 0 Å². The Bertz CT molecular complexity index is 764. The van der Waals surface area contributed by atoms with Crippen molar-refractivity contribution in [2.45, 2.75) is 32.1 Å². The fourth-order valence-corrected chi connectivity index (χ4v) is 5.18. The number of thiophene rings is 1. The Balaban J connectivity index is 1.43. The van der Waals surface area contributed by atoms with Gasteiger partial charge in [-0.2, -0.15) is 11.3 Å². The van der Waals surface area contributed by atoms with E-state index < -0.39 is 10.0 Å². The molecule has 0 bridgehead atoms. The molecular weight excluding hydrogens is 352 g/mol. The minimum Gasteiger partial charge on any atom is -0.299 e. The third-order valence-electron chi connectivity index (χ3n) is 4.72. The first kappa shape index (κ1) is 18.6. The lowest BCUT2D eigenvalue weighted by Crippen LogP contribution is -2.38. The van der Waals surface area contributed by atoms with Crippen LogP contribution in [0.4, 0.5) is 0 Å². The maximum atomic E-state index is 12.3. The number of likely N-dealkylation sites (tertiary alicyclic amines) is 1. The van der Waals surface area contributed by atoms with Gasteiger partial charge in [0.2, 0.25) is 10.0 Å². The number of sulfonamides is 1. The number of nitrogens with zero attached hydrogens (tertiary/aromatic N) is 1. The quantitative estimate of drug-likeness (QED) is 0.803. The summed E-state index contributed by atoms with van der Waals surface area (Å²) in [6.45, 7) is 5.63. The van der Waals surface area contributed by atoms with Crippen molar-refractivity contribution in [2.75, 3.05) is 19.6 Å². The van der Waals surface area contributed by atoms with Crippen LogP contribution in [0.1, 0.15) is 29.5 Å². The van der Waals surface area contributed by atoms with Crippen LogP contribution in [0.3, 0.4) is 0 Å². The molecule has 25 heavy (non-hydrogen) atoms. The Kier molecular flexibility index (Phi) is 6.28. The molecule has 2 heterocycles. The first-order valence-electron chi connectivity index (χ1n) is 8.76. The first-order valence-corrected chi connectivity index (χ1v) is 11.4. The zero-order valence-corrected chi connectivity index (χ0v) is 16.3. The molecule has 1 aliphatic heterocycles. The van der Waals surface area contributed by atoms with Gasteiger partial charge in [0.15, 0.2) is 0 Å². The number of aryl methyl sites for hydroxylation is 1. The second-order valence-electron chi connectivity index (χ2n) is 6.95. The van der Waals surface area contributed by atoms with Gasteiger partial charge in [-0.1, -0.05) is 29.8 Å². The zero-order chi connectivity index (χ0) is 17.7. The molecule has 1 aliphatic rings. The van der Waals surface area contributed by atoms with Crippen molar-refractivity contribution < 1.29 is 8.42 Å². The zero-order valence-electron chi connectivity index (χ0n) is 14.6. The van der Waals surface area contributed by atoms with E-state index in [1.807, 2.05) is 31.2 Å². The van der Waals surface area contributed by atoms with E-state index in [-0.39, 0.29) is 5.75 Å². The predicted molar refractivity (Wildman–Crippen MR) is 104 cm³/mol. The Morgan fingerprint density at radius 3 is 2.68 bits per heavy atom. The minimum atomic E-state index is -3.27. The molecule has 1 aromatic carbocycles.